The van der Waals surface area contributed by atoms with Crippen LogP contribution in [0.5, 0.6) is 0 Å². The van der Waals surface area contributed by atoms with E-state index in [0.717, 1.165) is 32.7 Å². The van der Waals surface area contributed by atoms with Crippen LogP contribution >= 0.6 is 9.39 Å². The second-order valence-electron chi connectivity index (χ2n) is 6.32. The SMILES string of the molecule is CC.CC.Cc1ccccc1CC(C)N(C)CCN1CN(P)CCC1=O. The summed E-state index contributed by atoms with van der Waals surface area (Å²) in [6.07, 6.45) is 1.68. The van der Waals surface area contributed by atoms with Gasteiger partial charge in [-0.2, -0.15) is 0 Å². The summed E-state index contributed by atoms with van der Waals surface area (Å²) in [5.41, 5.74) is 2.76. The molecule has 0 aliphatic carbocycles. The third-order valence-electron chi connectivity index (χ3n) is 4.57. The Hall–Kier alpha value is -0.960. The molecule has 1 aliphatic heterocycles. The molecule has 2 rings (SSSR count). The van der Waals surface area contributed by atoms with Gasteiger partial charge in [-0.3, -0.25) is 9.46 Å². The van der Waals surface area contributed by atoms with Gasteiger partial charge in [-0.25, -0.2) is 0 Å². The predicted molar refractivity (Wildman–Crippen MR) is 117 cm³/mol. The van der Waals surface area contributed by atoms with E-state index in [1.807, 2.05) is 32.6 Å². The van der Waals surface area contributed by atoms with Crippen LogP contribution in [-0.4, -0.2) is 59.8 Å². The number of benzene rings is 1. The number of amides is 1. The molecular formula is C21H40N3OP. The van der Waals surface area contributed by atoms with Crippen molar-refractivity contribution in [3.05, 3.63) is 35.4 Å². The molecule has 2 unspecified atom stereocenters. The maximum atomic E-state index is 11.9. The van der Waals surface area contributed by atoms with Crippen molar-refractivity contribution in [1.29, 1.82) is 0 Å². The lowest BCUT2D eigenvalue weighted by Crippen LogP contribution is -2.47. The lowest BCUT2D eigenvalue weighted by Gasteiger charge is -2.35. The second-order valence-corrected chi connectivity index (χ2v) is 7.05. The van der Waals surface area contributed by atoms with Crippen LogP contribution in [0.4, 0.5) is 0 Å². The fourth-order valence-electron chi connectivity index (χ4n) is 2.77. The van der Waals surface area contributed by atoms with Gasteiger partial charge in [0.15, 0.2) is 0 Å². The van der Waals surface area contributed by atoms with E-state index >= 15 is 0 Å². The molecule has 1 aromatic carbocycles. The molecule has 150 valence electrons. The van der Waals surface area contributed by atoms with E-state index in [4.69, 9.17) is 0 Å². The summed E-state index contributed by atoms with van der Waals surface area (Å²) in [6, 6.07) is 9.04. The van der Waals surface area contributed by atoms with E-state index in [-0.39, 0.29) is 5.91 Å². The molecule has 0 aromatic heterocycles. The summed E-state index contributed by atoms with van der Waals surface area (Å²) < 4.78 is 2.12. The first kappa shape index (κ1) is 25.0. The topological polar surface area (TPSA) is 26.8 Å². The largest absolute Gasteiger partial charge is 0.328 e. The van der Waals surface area contributed by atoms with E-state index < -0.39 is 0 Å². The van der Waals surface area contributed by atoms with Gasteiger partial charge in [-0.1, -0.05) is 61.4 Å². The van der Waals surface area contributed by atoms with Gasteiger partial charge in [0.2, 0.25) is 5.91 Å². The molecule has 1 heterocycles. The Morgan fingerprint density at radius 2 is 1.81 bits per heavy atom. The standard InChI is InChI=1S/C17H28N3OP.2C2H6/c1-14-6-4-5-7-16(14)12-15(2)18(3)10-11-19-13-20(22)9-8-17(19)21;2*1-2/h4-7,15H,8-13,22H2,1-3H3;2*1-2H3. The Labute approximate surface area is 164 Å². The van der Waals surface area contributed by atoms with Crippen LogP contribution < -0.4 is 0 Å². The Bertz CT molecular complexity index is 510. The molecule has 4 nitrogen and oxygen atoms in total. The van der Waals surface area contributed by atoms with Gasteiger partial charge >= 0.3 is 0 Å². The van der Waals surface area contributed by atoms with Gasteiger partial charge in [0.05, 0.1) is 6.67 Å². The Morgan fingerprint density at radius 1 is 1.19 bits per heavy atom. The van der Waals surface area contributed by atoms with E-state index in [1.165, 1.54) is 11.1 Å². The zero-order valence-corrected chi connectivity index (χ0v) is 19.1. The van der Waals surface area contributed by atoms with Crippen LogP contribution in [0.25, 0.3) is 0 Å². The van der Waals surface area contributed by atoms with Gasteiger partial charge in [-0.15, -0.1) is 0 Å². The zero-order chi connectivity index (χ0) is 20.1. The molecule has 1 amide bonds. The lowest BCUT2D eigenvalue weighted by molar-refractivity contribution is -0.135. The van der Waals surface area contributed by atoms with Crippen LogP contribution in [-0.2, 0) is 11.2 Å². The molecule has 0 spiro atoms. The lowest BCUT2D eigenvalue weighted by atomic mass is 10.0. The zero-order valence-electron chi connectivity index (χ0n) is 18.0. The maximum Gasteiger partial charge on any atom is 0.224 e. The van der Waals surface area contributed by atoms with Crippen molar-refractivity contribution in [2.45, 2.75) is 60.4 Å². The molecule has 1 fully saturated rings. The number of carbonyl (C=O) groups is 1. The average molecular weight is 382 g/mol. The normalized spacial score (nSPS) is 15.7. The van der Waals surface area contributed by atoms with Gasteiger partial charge < -0.3 is 9.80 Å². The fraction of sp³-hybridized carbons (Fsp3) is 0.667. The summed E-state index contributed by atoms with van der Waals surface area (Å²) in [4.78, 5) is 16.2. The van der Waals surface area contributed by atoms with Crippen molar-refractivity contribution < 1.29 is 4.79 Å². The minimum absolute atomic E-state index is 0.277. The summed E-state index contributed by atoms with van der Waals surface area (Å²) in [5.74, 6) is 0.277. The molecule has 0 bridgehead atoms. The monoisotopic (exact) mass is 381 g/mol. The van der Waals surface area contributed by atoms with Crippen LogP contribution in [0.15, 0.2) is 24.3 Å². The van der Waals surface area contributed by atoms with Crippen LogP contribution in [0, 0.1) is 6.92 Å². The summed E-state index contributed by atoms with van der Waals surface area (Å²) in [7, 11) is 4.84. The molecule has 0 radical (unpaired) electrons. The number of hydrogen-bond donors (Lipinski definition) is 0. The van der Waals surface area contributed by atoms with Crippen LogP contribution in [0.3, 0.4) is 0 Å². The molecule has 26 heavy (non-hydrogen) atoms. The van der Waals surface area contributed by atoms with Crippen molar-refractivity contribution in [2.75, 3.05) is 33.4 Å². The highest BCUT2D eigenvalue weighted by atomic mass is 31.0. The molecule has 0 N–H and O–H groups in total. The number of nitrogens with zero attached hydrogens (tertiary/aromatic N) is 3. The van der Waals surface area contributed by atoms with Crippen LogP contribution in [0.1, 0.15) is 52.2 Å². The third kappa shape index (κ3) is 8.62. The quantitative estimate of drug-likeness (QED) is 0.691. The van der Waals surface area contributed by atoms with Crippen molar-refractivity contribution in [3.63, 3.8) is 0 Å². The van der Waals surface area contributed by atoms with Crippen molar-refractivity contribution in [2.24, 2.45) is 0 Å². The molecule has 2 atom stereocenters. The van der Waals surface area contributed by atoms with Gasteiger partial charge in [0, 0.05) is 32.1 Å². The highest BCUT2D eigenvalue weighted by Gasteiger charge is 2.22. The summed E-state index contributed by atoms with van der Waals surface area (Å²) >= 11 is 0. The number of likely N-dealkylation sites (N-methyl/N-ethyl adjacent to an activating group) is 1. The first-order valence-electron chi connectivity index (χ1n) is 9.99. The van der Waals surface area contributed by atoms with Crippen molar-refractivity contribution >= 4 is 15.3 Å². The highest BCUT2D eigenvalue weighted by molar-refractivity contribution is 7.13. The molecule has 5 heteroatoms. The Balaban J connectivity index is 0.00000146. The van der Waals surface area contributed by atoms with Crippen LogP contribution in [0.2, 0.25) is 0 Å². The molecule has 1 aromatic rings. The number of hydrogen-bond acceptors (Lipinski definition) is 3. The number of rotatable bonds is 6. The number of aryl methyl sites for hydroxylation is 1. The third-order valence-corrected chi connectivity index (χ3v) is 4.99. The highest BCUT2D eigenvalue weighted by Crippen LogP contribution is 2.14. The fourth-order valence-corrected chi connectivity index (χ4v) is 3.10. The number of carbonyl (C=O) groups excluding carboxylic acids is 1. The summed E-state index contributed by atoms with van der Waals surface area (Å²) in [5, 5.41) is 0. The Morgan fingerprint density at radius 3 is 2.42 bits per heavy atom. The van der Waals surface area contributed by atoms with E-state index in [0.29, 0.717) is 12.5 Å². The molecule has 1 aliphatic rings. The first-order chi connectivity index (χ1) is 12.5. The predicted octanol–water partition coefficient (Wildman–Crippen LogP) is 4.19. The van der Waals surface area contributed by atoms with Gasteiger partial charge in [0.25, 0.3) is 0 Å². The van der Waals surface area contributed by atoms with Gasteiger partial charge in [-0.05, 0) is 38.4 Å². The molecule has 1 saturated heterocycles. The minimum Gasteiger partial charge on any atom is -0.328 e. The minimum atomic E-state index is 0.277. The van der Waals surface area contributed by atoms with Crippen molar-refractivity contribution in [1.82, 2.24) is 14.5 Å². The van der Waals surface area contributed by atoms with E-state index in [1.54, 1.807) is 0 Å². The smallest absolute Gasteiger partial charge is 0.224 e. The van der Waals surface area contributed by atoms with Gasteiger partial charge in [0.1, 0.15) is 0 Å². The average Bonchev–Trinajstić information content (AvgIpc) is 2.67. The molecule has 0 saturated carbocycles. The second kappa shape index (κ2) is 14.1. The Kier molecular flexibility index (Phi) is 13.6. The summed E-state index contributed by atoms with van der Waals surface area (Å²) in [6.45, 7) is 15.7. The maximum absolute atomic E-state index is 11.9. The first-order valence-corrected chi connectivity index (χ1v) is 10.5. The van der Waals surface area contributed by atoms with Crippen molar-refractivity contribution in [3.8, 4) is 0 Å². The molecular weight excluding hydrogens is 341 g/mol. The van der Waals surface area contributed by atoms with E-state index in [2.05, 4.69) is 64.1 Å². The van der Waals surface area contributed by atoms with E-state index in [9.17, 15) is 4.79 Å².